The summed E-state index contributed by atoms with van der Waals surface area (Å²) < 4.78 is 8.07. The predicted octanol–water partition coefficient (Wildman–Crippen LogP) is 7.71. The molecule has 0 radical (unpaired) electrons. The van der Waals surface area contributed by atoms with Crippen LogP contribution in [0.4, 0.5) is 5.69 Å². The van der Waals surface area contributed by atoms with Crippen molar-refractivity contribution in [1.29, 1.82) is 0 Å². The van der Waals surface area contributed by atoms with Crippen LogP contribution in [-0.4, -0.2) is 0 Å². The fourth-order valence-corrected chi connectivity index (χ4v) is 3.38. The van der Waals surface area contributed by atoms with Crippen LogP contribution in [0.5, 0.6) is 5.75 Å². The molecule has 0 aromatic heterocycles. The average molecular weight is 516 g/mol. The molecular formula is C20H15Br2Cl2NO. The largest absolute Gasteiger partial charge is 0.489 e. The van der Waals surface area contributed by atoms with Gasteiger partial charge in [0.1, 0.15) is 12.4 Å². The summed E-state index contributed by atoms with van der Waals surface area (Å²) in [4.78, 5) is 0. The Balaban J connectivity index is 1.70. The molecular weight excluding hydrogens is 501 g/mol. The Morgan fingerprint density at radius 3 is 2.27 bits per heavy atom. The fraction of sp³-hybridized carbons (Fsp3) is 0.100. The second-order valence-electron chi connectivity index (χ2n) is 5.65. The molecule has 0 fully saturated rings. The number of hydrogen-bond donors (Lipinski definition) is 1. The van der Waals surface area contributed by atoms with Crippen molar-refractivity contribution in [3.05, 3.63) is 90.8 Å². The summed E-state index contributed by atoms with van der Waals surface area (Å²) in [5.41, 5.74) is 3.07. The number of rotatable bonds is 6. The molecule has 0 spiro atoms. The van der Waals surface area contributed by atoms with Gasteiger partial charge in [-0.2, -0.15) is 0 Å². The van der Waals surface area contributed by atoms with Crippen LogP contribution < -0.4 is 10.1 Å². The third-order valence-corrected chi connectivity index (χ3v) is 5.49. The highest BCUT2D eigenvalue weighted by Gasteiger charge is 2.07. The molecule has 0 heterocycles. The summed E-state index contributed by atoms with van der Waals surface area (Å²) >= 11 is 19.0. The molecule has 0 aliphatic carbocycles. The van der Waals surface area contributed by atoms with E-state index in [9.17, 15) is 0 Å². The van der Waals surface area contributed by atoms with Crippen LogP contribution in [0.1, 0.15) is 11.1 Å². The van der Waals surface area contributed by atoms with Gasteiger partial charge in [0.15, 0.2) is 0 Å². The van der Waals surface area contributed by atoms with E-state index in [0.717, 1.165) is 31.5 Å². The van der Waals surface area contributed by atoms with E-state index in [1.165, 1.54) is 0 Å². The molecule has 3 rings (SSSR count). The lowest BCUT2D eigenvalue weighted by Gasteiger charge is -2.14. The molecule has 0 aliphatic rings. The van der Waals surface area contributed by atoms with Crippen molar-refractivity contribution in [1.82, 2.24) is 0 Å². The Kier molecular flexibility index (Phi) is 6.87. The lowest BCUT2D eigenvalue weighted by Crippen LogP contribution is -2.04. The first-order chi connectivity index (χ1) is 12.5. The first kappa shape index (κ1) is 19.6. The van der Waals surface area contributed by atoms with Crippen molar-refractivity contribution in [2.75, 3.05) is 5.32 Å². The maximum Gasteiger partial charge on any atom is 0.124 e. The molecule has 0 aliphatic heterocycles. The van der Waals surface area contributed by atoms with Gasteiger partial charge in [0.2, 0.25) is 0 Å². The highest BCUT2D eigenvalue weighted by Crippen LogP contribution is 2.27. The molecule has 6 heteroatoms. The molecule has 3 aromatic rings. The maximum absolute atomic E-state index is 6.07. The number of anilines is 1. The fourth-order valence-electron chi connectivity index (χ4n) is 2.38. The summed E-state index contributed by atoms with van der Waals surface area (Å²) in [6.07, 6.45) is 0. The van der Waals surface area contributed by atoms with E-state index in [0.29, 0.717) is 23.2 Å². The number of hydrogen-bond acceptors (Lipinski definition) is 2. The van der Waals surface area contributed by atoms with Crippen LogP contribution in [-0.2, 0) is 13.2 Å². The van der Waals surface area contributed by atoms with Gasteiger partial charge in [0.25, 0.3) is 0 Å². The molecule has 0 bridgehead atoms. The van der Waals surface area contributed by atoms with Gasteiger partial charge in [-0.3, -0.25) is 0 Å². The zero-order chi connectivity index (χ0) is 18.5. The molecule has 0 unspecified atom stereocenters. The second kappa shape index (κ2) is 9.14. The predicted molar refractivity (Wildman–Crippen MR) is 116 cm³/mol. The van der Waals surface area contributed by atoms with Crippen LogP contribution in [0, 0.1) is 0 Å². The Morgan fingerprint density at radius 2 is 1.54 bits per heavy atom. The third kappa shape index (κ3) is 5.40. The Morgan fingerprint density at radius 1 is 0.808 bits per heavy atom. The lowest BCUT2D eigenvalue weighted by molar-refractivity contribution is 0.303. The summed E-state index contributed by atoms with van der Waals surface area (Å²) in [7, 11) is 0. The molecule has 0 amide bonds. The quantitative estimate of drug-likeness (QED) is 0.363. The maximum atomic E-state index is 6.07. The Hall–Kier alpha value is -1.20. The van der Waals surface area contributed by atoms with E-state index in [2.05, 4.69) is 43.2 Å². The highest BCUT2D eigenvalue weighted by molar-refractivity contribution is 9.10. The molecule has 0 atom stereocenters. The standard InChI is InChI=1S/C20H15Br2Cl2NO/c21-15-2-5-17(6-3-15)25-11-14-10-16(22)4-8-20(14)26-12-13-1-7-18(23)19(24)9-13/h1-10,25H,11-12H2. The average Bonchev–Trinajstić information content (AvgIpc) is 2.63. The van der Waals surface area contributed by atoms with E-state index in [1.54, 1.807) is 6.07 Å². The molecule has 0 saturated heterocycles. The molecule has 134 valence electrons. The van der Waals surface area contributed by atoms with Crippen LogP contribution in [0.2, 0.25) is 10.0 Å². The molecule has 26 heavy (non-hydrogen) atoms. The molecule has 3 aromatic carbocycles. The smallest absolute Gasteiger partial charge is 0.124 e. The van der Waals surface area contributed by atoms with Crippen LogP contribution >= 0.6 is 55.1 Å². The molecule has 0 saturated carbocycles. The minimum absolute atomic E-state index is 0.420. The summed E-state index contributed by atoms with van der Waals surface area (Å²) in [6.45, 7) is 1.07. The van der Waals surface area contributed by atoms with Crippen molar-refractivity contribution < 1.29 is 4.74 Å². The highest BCUT2D eigenvalue weighted by atomic mass is 79.9. The van der Waals surface area contributed by atoms with Gasteiger partial charge >= 0.3 is 0 Å². The zero-order valence-electron chi connectivity index (χ0n) is 13.6. The number of ether oxygens (including phenoxy) is 1. The molecule has 2 nitrogen and oxygen atoms in total. The van der Waals surface area contributed by atoms with E-state index >= 15 is 0 Å². The van der Waals surface area contributed by atoms with Gasteiger partial charge in [0, 0.05) is 26.7 Å². The summed E-state index contributed by atoms with van der Waals surface area (Å²) in [5.74, 6) is 0.823. The number of nitrogens with one attached hydrogen (secondary N) is 1. The van der Waals surface area contributed by atoms with E-state index in [-0.39, 0.29) is 0 Å². The number of halogens is 4. The third-order valence-electron chi connectivity index (χ3n) is 3.73. The first-order valence-electron chi connectivity index (χ1n) is 7.86. The minimum Gasteiger partial charge on any atom is -0.489 e. The topological polar surface area (TPSA) is 21.3 Å². The van der Waals surface area contributed by atoms with Gasteiger partial charge < -0.3 is 10.1 Å². The van der Waals surface area contributed by atoms with Crippen molar-refractivity contribution in [2.45, 2.75) is 13.2 Å². The Bertz CT molecular complexity index is 901. The van der Waals surface area contributed by atoms with E-state index in [1.807, 2.05) is 48.5 Å². The van der Waals surface area contributed by atoms with Crippen molar-refractivity contribution >= 4 is 60.7 Å². The van der Waals surface area contributed by atoms with E-state index in [4.69, 9.17) is 27.9 Å². The monoisotopic (exact) mass is 513 g/mol. The summed E-state index contributed by atoms with van der Waals surface area (Å²) in [5, 5.41) is 4.48. The van der Waals surface area contributed by atoms with E-state index < -0.39 is 0 Å². The minimum atomic E-state index is 0.420. The van der Waals surface area contributed by atoms with Gasteiger partial charge in [-0.05, 0) is 60.2 Å². The van der Waals surface area contributed by atoms with Gasteiger partial charge in [-0.1, -0.05) is 61.1 Å². The van der Waals surface area contributed by atoms with Crippen molar-refractivity contribution in [3.63, 3.8) is 0 Å². The van der Waals surface area contributed by atoms with Crippen molar-refractivity contribution in [2.24, 2.45) is 0 Å². The lowest BCUT2D eigenvalue weighted by atomic mass is 10.2. The van der Waals surface area contributed by atoms with Crippen LogP contribution in [0.3, 0.4) is 0 Å². The zero-order valence-corrected chi connectivity index (χ0v) is 18.3. The van der Waals surface area contributed by atoms with Gasteiger partial charge in [-0.25, -0.2) is 0 Å². The van der Waals surface area contributed by atoms with Gasteiger partial charge in [0.05, 0.1) is 10.0 Å². The Labute approximate surface area is 179 Å². The normalized spacial score (nSPS) is 10.6. The molecule has 1 N–H and O–H groups in total. The van der Waals surface area contributed by atoms with Gasteiger partial charge in [-0.15, -0.1) is 0 Å². The van der Waals surface area contributed by atoms with Crippen LogP contribution in [0.25, 0.3) is 0 Å². The first-order valence-corrected chi connectivity index (χ1v) is 10.2. The van der Waals surface area contributed by atoms with Crippen LogP contribution in [0.15, 0.2) is 69.6 Å². The second-order valence-corrected chi connectivity index (χ2v) is 8.30. The summed E-state index contributed by atoms with van der Waals surface area (Å²) in [6, 6.07) is 19.5. The SMILES string of the molecule is Clc1ccc(COc2ccc(Br)cc2CNc2ccc(Br)cc2)cc1Cl. The number of benzene rings is 3. The van der Waals surface area contributed by atoms with Crippen molar-refractivity contribution in [3.8, 4) is 5.75 Å².